The number of aliphatic hydroxyl groups is 2. The molecule has 0 fully saturated rings. The average molecular weight is 200 g/mol. The molecule has 0 spiro atoms. The molecule has 0 aromatic rings. The van der Waals surface area contributed by atoms with Crippen LogP contribution in [0, 0.1) is 0 Å². The zero-order chi connectivity index (χ0) is 10.4. The van der Waals surface area contributed by atoms with E-state index in [0.29, 0.717) is 0 Å². The molecule has 4 heteroatoms. The Bertz CT molecular complexity index is 222. The van der Waals surface area contributed by atoms with Crippen LogP contribution in [0.1, 0.15) is 6.42 Å². The minimum atomic E-state index is -0.820. The average Bonchev–Trinajstić information content (AvgIpc) is 2.26. The monoisotopic (exact) mass is 200 g/mol. The van der Waals surface area contributed by atoms with Crippen LogP contribution >= 0.6 is 0 Å². The van der Waals surface area contributed by atoms with Crippen molar-refractivity contribution in [2.45, 2.75) is 18.6 Å². The number of hydrogen-bond acceptors (Lipinski definition) is 4. The first kappa shape index (κ1) is 11.2. The second-order valence-corrected chi connectivity index (χ2v) is 3.10. The van der Waals surface area contributed by atoms with E-state index in [2.05, 4.69) is 0 Å². The summed E-state index contributed by atoms with van der Waals surface area (Å²) in [5.74, 6) is 0.748. The lowest BCUT2D eigenvalue weighted by Crippen LogP contribution is -2.26. The van der Waals surface area contributed by atoms with E-state index >= 15 is 0 Å². The van der Waals surface area contributed by atoms with Crippen molar-refractivity contribution in [2.24, 2.45) is 0 Å². The van der Waals surface area contributed by atoms with Gasteiger partial charge >= 0.3 is 0 Å². The van der Waals surface area contributed by atoms with Gasteiger partial charge in [-0.25, -0.2) is 0 Å². The van der Waals surface area contributed by atoms with E-state index in [1.807, 2.05) is 18.2 Å². The number of hydrogen-bond donors (Lipinski definition) is 2. The Balaban J connectivity index is 2.37. The van der Waals surface area contributed by atoms with Crippen molar-refractivity contribution in [3.63, 3.8) is 0 Å². The molecule has 14 heavy (non-hydrogen) atoms. The second kappa shape index (κ2) is 5.80. The zero-order valence-corrected chi connectivity index (χ0v) is 8.22. The van der Waals surface area contributed by atoms with E-state index < -0.39 is 6.10 Å². The van der Waals surface area contributed by atoms with Crippen LogP contribution in [-0.2, 0) is 9.47 Å². The van der Waals surface area contributed by atoms with Gasteiger partial charge in [-0.05, 0) is 12.5 Å². The molecule has 1 aliphatic rings. The predicted molar refractivity (Wildman–Crippen MR) is 51.7 cm³/mol. The quantitative estimate of drug-likeness (QED) is 0.666. The molecule has 1 rings (SSSR count). The fourth-order valence-corrected chi connectivity index (χ4v) is 1.22. The van der Waals surface area contributed by atoms with E-state index in [9.17, 15) is 0 Å². The summed E-state index contributed by atoms with van der Waals surface area (Å²) >= 11 is 0. The van der Waals surface area contributed by atoms with Crippen molar-refractivity contribution in [3.8, 4) is 0 Å². The van der Waals surface area contributed by atoms with Crippen LogP contribution in [0.25, 0.3) is 0 Å². The molecule has 2 N–H and O–H groups in total. The molecule has 0 heterocycles. The van der Waals surface area contributed by atoms with Crippen molar-refractivity contribution in [2.75, 3.05) is 20.3 Å². The number of rotatable bonds is 5. The van der Waals surface area contributed by atoms with Crippen LogP contribution in [0.2, 0.25) is 0 Å². The lowest BCUT2D eigenvalue weighted by molar-refractivity contribution is -0.0306. The standard InChI is InChI=1S/C10H16O4/c1-13-9-4-2-3-5-10(9)14-7-8(12)6-11/h2-4,8,10-12H,5-7H2,1H3. The molecule has 0 amide bonds. The van der Waals surface area contributed by atoms with Gasteiger partial charge in [-0.15, -0.1) is 0 Å². The molecule has 80 valence electrons. The Morgan fingerprint density at radius 1 is 1.64 bits per heavy atom. The first-order valence-electron chi connectivity index (χ1n) is 4.59. The fourth-order valence-electron chi connectivity index (χ4n) is 1.22. The summed E-state index contributed by atoms with van der Waals surface area (Å²) < 4.78 is 10.5. The zero-order valence-electron chi connectivity index (χ0n) is 8.22. The topological polar surface area (TPSA) is 58.9 Å². The molecule has 0 aliphatic heterocycles. The molecule has 1 aliphatic carbocycles. The van der Waals surface area contributed by atoms with Gasteiger partial charge in [0.25, 0.3) is 0 Å². The molecule has 0 radical (unpaired) electrons. The van der Waals surface area contributed by atoms with E-state index in [0.717, 1.165) is 12.2 Å². The van der Waals surface area contributed by atoms with Gasteiger partial charge < -0.3 is 19.7 Å². The minimum absolute atomic E-state index is 0.121. The highest BCUT2D eigenvalue weighted by atomic mass is 16.5. The summed E-state index contributed by atoms with van der Waals surface area (Å²) in [4.78, 5) is 0. The van der Waals surface area contributed by atoms with E-state index in [4.69, 9.17) is 19.7 Å². The van der Waals surface area contributed by atoms with Crippen molar-refractivity contribution in [1.29, 1.82) is 0 Å². The second-order valence-electron chi connectivity index (χ2n) is 3.10. The Morgan fingerprint density at radius 3 is 3.07 bits per heavy atom. The highest BCUT2D eigenvalue weighted by Gasteiger charge is 2.17. The lowest BCUT2D eigenvalue weighted by Gasteiger charge is -2.21. The van der Waals surface area contributed by atoms with Crippen molar-refractivity contribution < 1.29 is 19.7 Å². The summed E-state index contributed by atoms with van der Waals surface area (Å²) in [5, 5.41) is 17.7. The van der Waals surface area contributed by atoms with Crippen LogP contribution in [0.15, 0.2) is 24.0 Å². The number of allylic oxidation sites excluding steroid dienone is 2. The van der Waals surface area contributed by atoms with Crippen molar-refractivity contribution in [1.82, 2.24) is 0 Å². The third-order valence-corrected chi connectivity index (χ3v) is 2.00. The molecule has 2 unspecified atom stereocenters. The summed E-state index contributed by atoms with van der Waals surface area (Å²) in [5.41, 5.74) is 0. The Morgan fingerprint density at radius 2 is 2.43 bits per heavy atom. The Labute approximate surface area is 83.5 Å². The van der Waals surface area contributed by atoms with Gasteiger partial charge in [-0.2, -0.15) is 0 Å². The molecular formula is C10H16O4. The van der Waals surface area contributed by atoms with Crippen LogP contribution in [0.4, 0.5) is 0 Å². The van der Waals surface area contributed by atoms with Gasteiger partial charge in [0.05, 0.1) is 20.3 Å². The normalized spacial score (nSPS) is 23.1. The van der Waals surface area contributed by atoms with E-state index in [1.54, 1.807) is 7.11 Å². The van der Waals surface area contributed by atoms with Gasteiger partial charge in [0.2, 0.25) is 0 Å². The van der Waals surface area contributed by atoms with Crippen molar-refractivity contribution in [3.05, 3.63) is 24.0 Å². The molecule has 0 aromatic heterocycles. The first-order chi connectivity index (χ1) is 6.77. The summed E-state index contributed by atoms with van der Waals surface area (Å²) in [6.07, 6.45) is 5.47. The molecule has 0 aromatic carbocycles. The maximum atomic E-state index is 9.09. The van der Waals surface area contributed by atoms with Gasteiger partial charge in [0.1, 0.15) is 18.0 Å². The largest absolute Gasteiger partial charge is 0.498 e. The minimum Gasteiger partial charge on any atom is -0.498 e. The van der Waals surface area contributed by atoms with Crippen LogP contribution in [0.5, 0.6) is 0 Å². The SMILES string of the molecule is COC1=CC=CCC1OCC(O)CO. The molecule has 0 saturated carbocycles. The van der Waals surface area contributed by atoms with Gasteiger partial charge in [-0.1, -0.05) is 12.2 Å². The highest BCUT2D eigenvalue weighted by Crippen LogP contribution is 2.17. The first-order valence-corrected chi connectivity index (χ1v) is 4.59. The molecule has 0 saturated heterocycles. The molecule has 2 atom stereocenters. The predicted octanol–water partition coefficient (Wildman–Crippen LogP) is 0.215. The van der Waals surface area contributed by atoms with Gasteiger partial charge in [0, 0.05) is 0 Å². The number of methoxy groups -OCH3 is 1. The van der Waals surface area contributed by atoms with Crippen molar-refractivity contribution >= 4 is 0 Å². The van der Waals surface area contributed by atoms with E-state index in [1.165, 1.54) is 0 Å². The summed E-state index contributed by atoms with van der Waals surface area (Å²) in [6, 6.07) is 0. The van der Waals surface area contributed by atoms with Gasteiger partial charge in [-0.3, -0.25) is 0 Å². The summed E-state index contributed by atoms with van der Waals surface area (Å²) in [6.45, 7) is -0.162. The Hall–Kier alpha value is -0.840. The molecule has 0 bridgehead atoms. The van der Waals surface area contributed by atoms with Gasteiger partial charge in [0.15, 0.2) is 0 Å². The van der Waals surface area contributed by atoms with Crippen LogP contribution in [0.3, 0.4) is 0 Å². The fraction of sp³-hybridized carbons (Fsp3) is 0.600. The highest BCUT2D eigenvalue weighted by molar-refractivity contribution is 5.17. The van der Waals surface area contributed by atoms with Crippen LogP contribution in [-0.4, -0.2) is 42.7 Å². The van der Waals surface area contributed by atoms with E-state index in [-0.39, 0.29) is 19.3 Å². The smallest absolute Gasteiger partial charge is 0.125 e. The lowest BCUT2D eigenvalue weighted by atomic mass is 10.1. The number of aliphatic hydroxyl groups excluding tert-OH is 2. The molecular weight excluding hydrogens is 184 g/mol. The maximum absolute atomic E-state index is 9.09. The summed E-state index contributed by atoms with van der Waals surface area (Å²) in [7, 11) is 1.59. The third-order valence-electron chi connectivity index (χ3n) is 2.00. The van der Waals surface area contributed by atoms with Crippen LogP contribution < -0.4 is 0 Å². The number of ether oxygens (including phenoxy) is 2. The molecule has 4 nitrogen and oxygen atoms in total. The maximum Gasteiger partial charge on any atom is 0.125 e. The third kappa shape index (κ3) is 3.14. The Kier molecular flexibility index (Phi) is 4.65.